The first-order chi connectivity index (χ1) is 7.21. The molecule has 0 spiro atoms. The summed E-state index contributed by atoms with van der Waals surface area (Å²) in [6, 6.07) is 0. The molecule has 1 rings (SSSR count). The van der Waals surface area contributed by atoms with Crippen LogP contribution < -0.4 is 0 Å². The van der Waals surface area contributed by atoms with Crippen molar-refractivity contribution in [3.63, 3.8) is 0 Å². The quantitative estimate of drug-likeness (QED) is 0.691. The van der Waals surface area contributed by atoms with Crippen molar-refractivity contribution in [2.45, 2.75) is 6.92 Å². The average Bonchev–Trinajstić information content (AvgIpc) is 2.50. The fraction of sp³-hybridized carbons (Fsp3) is 0.143. The number of hydrogen-bond donors (Lipinski definition) is 0. The molecule has 1 aromatic rings. The van der Waals surface area contributed by atoms with Crippen molar-refractivity contribution >= 4 is 24.3 Å². The van der Waals surface area contributed by atoms with Crippen LogP contribution in [-0.4, -0.2) is 4.57 Å². The lowest BCUT2D eigenvalue weighted by molar-refractivity contribution is 0.901. The standard InChI is InChI=1S/C14H17N/c1-6-10-12-11(7-2)13(8-3)15(5)14(12)9-4/h6-10H,2-4H2,1,5H3/b10-6-. The van der Waals surface area contributed by atoms with Gasteiger partial charge < -0.3 is 4.57 Å². The van der Waals surface area contributed by atoms with Crippen LogP contribution in [0, 0.1) is 0 Å². The normalized spacial score (nSPS) is 10.5. The predicted molar refractivity (Wildman–Crippen MR) is 70.4 cm³/mol. The maximum atomic E-state index is 3.84. The van der Waals surface area contributed by atoms with Gasteiger partial charge in [0.1, 0.15) is 0 Å². The molecule has 1 heterocycles. The highest BCUT2D eigenvalue weighted by molar-refractivity contribution is 5.78. The molecule has 0 saturated carbocycles. The van der Waals surface area contributed by atoms with E-state index in [1.165, 1.54) is 0 Å². The molecule has 0 amide bonds. The molecule has 1 aromatic heterocycles. The molecule has 1 heteroatoms. The van der Waals surface area contributed by atoms with Crippen molar-refractivity contribution in [3.05, 3.63) is 48.3 Å². The van der Waals surface area contributed by atoms with Crippen LogP contribution in [0.3, 0.4) is 0 Å². The Morgan fingerprint density at radius 1 is 0.933 bits per heavy atom. The van der Waals surface area contributed by atoms with Gasteiger partial charge in [0.2, 0.25) is 0 Å². The molecule has 0 saturated heterocycles. The monoisotopic (exact) mass is 199 g/mol. The lowest BCUT2D eigenvalue weighted by atomic mass is 10.1. The summed E-state index contributed by atoms with van der Waals surface area (Å²) in [5.74, 6) is 0. The second-order valence-corrected chi connectivity index (χ2v) is 3.27. The Balaban J connectivity index is 3.65. The molecular weight excluding hydrogens is 182 g/mol. The van der Waals surface area contributed by atoms with Crippen LogP contribution in [0.15, 0.2) is 25.8 Å². The largest absolute Gasteiger partial charge is 0.344 e. The molecule has 0 unspecified atom stereocenters. The first-order valence-corrected chi connectivity index (χ1v) is 4.93. The third kappa shape index (κ3) is 1.73. The van der Waals surface area contributed by atoms with Crippen LogP contribution in [-0.2, 0) is 7.05 Å². The maximum absolute atomic E-state index is 3.84. The molecule has 0 fully saturated rings. The van der Waals surface area contributed by atoms with Gasteiger partial charge in [-0.1, -0.05) is 38.0 Å². The molecule has 0 N–H and O–H groups in total. The smallest absolute Gasteiger partial charge is 0.0482 e. The van der Waals surface area contributed by atoms with Gasteiger partial charge in [-0.2, -0.15) is 0 Å². The predicted octanol–water partition coefficient (Wildman–Crippen LogP) is 3.99. The molecule has 1 nitrogen and oxygen atoms in total. The number of rotatable bonds is 4. The van der Waals surface area contributed by atoms with Crippen LogP contribution >= 0.6 is 0 Å². The van der Waals surface area contributed by atoms with E-state index in [0.717, 1.165) is 22.5 Å². The van der Waals surface area contributed by atoms with E-state index in [-0.39, 0.29) is 0 Å². The van der Waals surface area contributed by atoms with Crippen molar-refractivity contribution in [1.82, 2.24) is 4.57 Å². The van der Waals surface area contributed by atoms with Gasteiger partial charge in [0.15, 0.2) is 0 Å². The first kappa shape index (κ1) is 11.3. The van der Waals surface area contributed by atoms with Crippen molar-refractivity contribution in [1.29, 1.82) is 0 Å². The first-order valence-electron chi connectivity index (χ1n) is 4.93. The van der Waals surface area contributed by atoms with Crippen molar-refractivity contribution in [2.24, 2.45) is 7.05 Å². The Morgan fingerprint density at radius 2 is 1.47 bits per heavy atom. The Morgan fingerprint density at radius 3 is 1.87 bits per heavy atom. The molecular formula is C14H17N. The zero-order chi connectivity index (χ0) is 11.4. The minimum atomic E-state index is 1.08. The molecule has 78 valence electrons. The second-order valence-electron chi connectivity index (χ2n) is 3.27. The maximum Gasteiger partial charge on any atom is 0.0482 e. The highest BCUT2D eigenvalue weighted by atomic mass is 15.0. The van der Waals surface area contributed by atoms with Crippen molar-refractivity contribution < 1.29 is 0 Å². The topological polar surface area (TPSA) is 4.93 Å². The molecule has 0 aliphatic heterocycles. The molecule has 0 aliphatic carbocycles. The minimum Gasteiger partial charge on any atom is -0.344 e. The minimum absolute atomic E-state index is 1.08. The fourth-order valence-electron chi connectivity index (χ4n) is 1.82. The fourth-order valence-corrected chi connectivity index (χ4v) is 1.82. The molecule has 0 atom stereocenters. The highest BCUT2D eigenvalue weighted by Gasteiger charge is 2.12. The number of aromatic nitrogens is 1. The summed E-state index contributed by atoms with van der Waals surface area (Å²) in [5.41, 5.74) is 4.44. The van der Waals surface area contributed by atoms with E-state index in [1.807, 2.05) is 38.3 Å². The van der Waals surface area contributed by atoms with E-state index in [4.69, 9.17) is 0 Å². The van der Waals surface area contributed by atoms with Gasteiger partial charge in [0.05, 0.1) is 0 Å². The Hall–Kier alpha value is -1.76. The summed E-state index contributed by atoms with van der Waals surface area (Å²) in [6.45, 7) is 13.5. The van der Waals surface area contributed by atoms with E-state index < -0.39 is 0 Å². The van der Waals surface area contributed by atoms with Gasteiger partial charge in [-0.05, 0) is 19.1 Å². The van der Waals surface area contributed by atoms with Crippen molar-refractivity contribution in [3.8, 4) is 0 Å². The Bertz CT molecular complexity index is 431. The molecule has 0 bridgehead atoms. The third-order valence-corrected chi connectivity index (χ3v) is 2.49. The van der Waals surface area contributed by atoms with E-state index >= 15 is 0 Å². The lowest BCUT2D eigenvalue weighted by Gasteiger charge is -2.00. The van der Waals surface area contributed by atoms with Gasteiger partial charge in [-0.3, -0.25) is 0 Å². The molecule has 15 heavy (non-hydrogen) atoms. The molecule has 0 aliphatic rings. The summed E-state index contributed by atoms with van der Waals surface area (Å²) in [4.78, 5) is 0. The van der Waals surface area contributed by atoms with E-state index in [9.17, 15) is 0 Å². The van der Waals surface area contributed by atoms with Gasteiger partial charge >= 0.3 is 0 Å². The lowest BCUT2D eigenvalue weighted by Crippen LogP contribution is -1.93. The van der Waals surface area contributed by atoms with Crippen LogP contribution in [0.1, 0.15) is 29.4 Å². The van der Waals surface area contributed by atoms with E-state index in [0.29, 0.717) is 0 Å². The summed E-state index contributed by atoms with van der Waals surface area (Å²) in [5, 5.41) is 0. The zero-order valence-corrected chi connectivity index (χ0v) is 9.46. The number of nitrogens with zero attached hydrogens (tertiary/aromatic N) is 1. The van der Waals surface area contributed by atoms with Crippen LogP contribution in [0.4, 0.5) is 0 Å². The molecule has 0 aromatic carbocycles. The molecule has 0 radical (unpaired) electrons. The van der Waals surface area contributed by atoms with Crippen molar-refractivity contribution in [2.75, 3.05) is 0 Å². The summed E-state index contributed by atoms with van der Waals surface area (Å²) < 4.78 is 2.08. The average molecular weight is 199 g/mol. The van der Waals surface area contributed by atoms with Gasteiger partial charge in [0.25, 0.3) is 0 Å². The third-order valence-electron chi connectivity index (χ3n) is 2.49. The Kier molecular flexibility index (Phi) is 3.51. The number of allylic oxidation sites excluding steroid dienone is 1. The van der Waals surface area contributed by atoms with Gasteiger partial charge in [0, 0.05) is 29.6 Å². The van der Waals surface area contributed by atoms with Gasteiger partial charge in [-0.15, -0.1) is 0 Å². The highest BCUT2D eigenvalue weighted by Crippen LogP contribution is 2.26. The SMILES string of the molecule is C=Cc1c(/C=C\C)c(C=C)n(C)c1C=C. The number of hydrogen-bond acceptors (Lipinski definition) is 0. The van der Waals surface area contributed by atoms with Gasteiger partial charge in [-0.25, -0.2) is 0 Å². The van der Waals surface area contributed by atoms with Crippen LogP contribution in [0.5, 0.6) is 0 Å². The summed E-state index contributed by atoms with van der Waals surface area (Å²) in [7, 11) is 2.01. The summed E-state index contributed by atoms with van der Waals surface area (Å²) >= 11 is 0. The zero-order valence-electron chi connectivity index (χ0n) is 9.46. The second kappa shape index (κ2) is 4.65. The Labute approximate surface area is 91.7 Å². The summed E-state index contributed by atoms with van der Waals surface area (Å²) in [6.07, 6.45) is 9.65. The van der Waals surface area contributed by atoms with Crippen LogP contribution in [0.2, 0.25) is 0 Å². The van der Waals surface area contributed by atoms with E-state index in [2.05, 4.69) is 30.4 Å². The van der Waals surface area contributed by atoms with E-state index in [1.54, 1.807) is 0 Å². The van der Waals surface area contributed by atoms with Crippen LogP contribution in [0.25, 0.3) is 24.3 Å².